The summed E-state index contributed by atoms with van der Waals surface area (Å²) in [6, 6.07) is 7.38. The van der Waals surface area contributed by atoms with Gasteiger partial charge in [-0.1, -0.05) is 29.8 Å². The van der Waals surface area contributed by atoms with E-state index in [4.69, 9.17) is 11.7 Å². The molecule has 0 saturated heterocycles. The van der Waals surface area contributed by atoms with Crippen LogP contribution in [0.15, 0.2) is 30.0 Å². The van der Waals surface area contributed by atoms with E-state index in [1.54, 1.807) is 12.1 Å². The van der Waals surface area contributed by atoms with Crippen molar-refractivity contribution in [3.63, 3.8) is 0 Å². The molecule has 0 aliphatic carbocycles. The molecule has 0 aliphatic rings. The Kier molecular flexibility index (Phi) is 3.89. The molecule has 1 aromatic rings. The largest absolute Gasteiger partial charge is 0.462 e. The molecule has 1 N–H and O–H groups in total. The van der Waals surface area contributed by atoms with Gasteiger partial charge in [-0.3, -0.25) is 4.79 Å². The summed E-state index contributed by atoms with van der Waals surface area (Å²) in [4.78, 5) is 14.3. The highest BCUT2D eigenvalue weighted by Gasteiger charge is 2.06. The molecule has 0 heterocycles. The van der Waals surface area contributed by atoms with Crippen LogP contribution < -0.4 is 0 Å². The minimum Gasteiger partial charge on any atom is -0.462 e. The Morgan fingerprint density at radius 2 is 2.06 bits per heavy atom. The maximum absolute atomic E-state index is 11.2. The number of aliphatic hydroxyl groups excluding tert-OH is 1. The number of aliphatic hydroxyl groups is 1. The molecule has 0 bridgehead atoms. The van der Waals surface area contributed by atoms with Crippen LogP contribution >= 0.6 is 0 Å². The molecular formula is C13H9NO2. The van der Waals surface area contributed by atoms with Gasteiger partial charge in [0, 0.05) is 5.92 Å². The van der Waals surface area contributed by atoms with E-state index in [1.165, 1.54) is 12.2 Å². The van der Waals surface area contributed by atoms with Crippen LogP contribution in [-0.4, -0.2) is 10.9 Å². The van der Waals surface area contributed by atoms with Crippen molar-refractivity contribution in [2.24, 2.45) is 0 Å². The van der Waals surface area contributed by atoms with Crippen molar-refractivity contribution >= 4 is 11.9 Å². The molecule has 0 spiro atoms. The highest BCUT2D eigenvalue weighted by Crippen LogP contribution is 2.10. The van der Waals surface area contributed by atoms with Gasteiger partial charge in [0.25, 0.3) is 0 Å². The fraction of sp³-hybridized carbons (Fsp3) is 0.0769. The summed E-state index contributed by atoms with van der Waals surface area (Å²) >= 11 is 0. The van der Waals surface area contributed by atoms with E-state index < -0.39 is 5.78 Å². The van der Waals surface area contributed by atoms with E-state index in [-0.39, 0.29) is 5.70 Å². The van der Waals surface area contributed by atoms with Gasteiger partial charge in [0.05, 0.1) is 6.57 Å². The summed E-state index contributed by atoms with van der Waals surface area (Å²) < 4.78 is 0. The van der Waals surface area contributed by atoms with E-state index in [0.29, 0.717) is 0 Å². The molecule has 16 heavy (non-hydrogen) atoms. The Morgan fingerprint density at radius 3 is 2.56 bits per heavy atom. The van der Waals surface area contributed by atoms with Crippen molar-refractivity contribution in [2.75, 3.05) is 0 Å². The van der Waals surface area contributed by atoms with Crippen molar-refractivity contribution in [2.45, 2.75) is 6.92 Å². The van der Waals surface area contributed by atoms with Gasteiger partial charge in [0.1, 0.15) is 6.11 Å². The third-order valence-corrected chi connectivity index (χ3v) is 1.90. The zero-order valence-corrected chi connectivity index (χ0v) is 8.69. The average molecular weight is 211 g/mol. The van der Waals surface area contributed by atoms with Gasteiger partial charge in [-0.15, -0.1) is 0 Å². The van der Waals surface area contributed by atoms with E-state index in [0.717, 1.165) is 11.1 Å². The molecule has 0 saturated carbocycles. The lowest BCUT2D eigenvalue weighted by atomic mass is 10.1. The van der Waals surface area contributed by atoms with Crippen molar-refractivity contribution in [1.29, 1.82) is 0 Å². The van der Waals surface area contributed by atoms with E-state index in [1.807, 2.05) is 25.0 Å². The number of benzene rings is 1. The first-order chi connectivity index (χ1) is 7.67. The van der Waals surface area contributed by atoms with E-state index in [9.17, 15) is 4.79 Å². The Hall–Kier alpha value is -2.52. The van der Waals surface area contributed by atoms with Crippen molar-refractivity contribution in [3.05, 3.63) is 52.5 Å². The molecule has 1 rings (SSSR count). The number of hydrogen-bond donors (Lipinski definition) is 1. The van der Waals surface area contributed by atoms with Gasteiger partial charge in [-0.05, 0) is 18.6 Å². The smallest absolute Gasteiger partial charge is 0.242 e. The van der Waals surface area contributed by atoms with Crippen LogP contribution in [0.2, 0.25) is 0 Å². The lowest BCUT2D eigenvalue weighted by Crippen LogP contribution is -1.94. The van der Waals surface area contributed by atoms with Crippen molar-refractivity contribution in [1.82, 2.24) is 0 Å². The number of hydrogen-bond acceptors (Lipinski definition) is 2. The van der Waals surface area contributed by atoms with Crippen LogP contribution in [0.3, 0.4) is 0 Å². The minimum absolute atomic E-state index is 0.106. The quantitative estimate of drug-likeness (QED) is 0.462. The van der Waals surface area contributed by atoms with Crippen LogP contribution in [0.1, 0.15) is 11.1 Å². The average Bonchev–Trinajstić information content (AvgIpc) is 2.28. The number of nitrogens with zero attached hydrogens (tertiary/aromatic N) is 1. The van der Waals surface area contributed by atoms with Crippen LogP contribution in [-0.2, 0) is 4.79 Å². The fourth-order valence-electron chi connectivity index (χ4n) is 1.08. The molecule has 0 atom stereocenters. The first-order valence-corrected chi connectivity index (χ1v) is 4.52. The monoisotopic (exact) mass is 211 g/mol. The second-order valence-corrected chi connectivity index (χ2v) is 3.12. The molecule has 0 amide bonds. The Bertz CT molecular complexity index is 522. The van der Waals surface area contributed by atoms with Gasteiger partial charge in [0.15, 0.2) is 0 Å². The predicted molar refractivity (Wildman–Crippen MR) is 60.5 cm³/mol. The van der Waals surface area contributed by atoms with E-state index in [2.05, 4.69) is 4.85 Å². The lowest BCUT2D eigenvalue weighted by molar-refractivity contribution is -0.110. The summed E-state index contributed by atoms with van der Waals surface area (Å²) in [5.74, 6) is 1.23. The summed E-state index contributed by atoms with van der Waals surface area (Å²) in [5.41, 5.74) is 1.75. The van der Waals surface area contributed by atoms with Crippen LogP contribution in [0, 0.1) is 25.5 Å². The number of carbonyl (C=O) groups is 1. The van der Waals surface area contributed by atoms with Gasteiger partial charge in [-0.25, -0.2) is 4.85 Å². The minimum atomic E-state index is -0.682. The first-order valence-electron chi connectivity index (χ1n) is 4.52. The first kappa shape index (κ1) is 11.6. The maximum atomic E-state index is 11.2. The normalized spacial score (nSPS) is 9.88. The van der Waals surface area contributed by atoms with Gasteiger partial charge in [0.2, 0.25) is 11.5 Å². The molecule has 1 aromatic carbocycles. The number of rotatable bonds is 2. The fourth-order valence-corrected chi connectivity index (χ4v) is 1.08. The zero-order chi connectivity index (χ0) is 12.0. The highest BCUT2D eigenvalue weighted by atomic mass is 16.2. The number of allylic oxidation sites excluding steroid dienone is 1. The molecule has 0 unspecified atom stereocenters. The SMILES string of the molecule is [C-]#[N+]C(=Cc1ccc(C)cc1)C(=O)C#CO. The van der Waals surface area contributed by atoms with Crippen molar-refractivity contribution in [3.8, 4) is 12.0 Å². The number of carbonyl (C=O) groups excluding carboxylic acids is 1. The Labute approximate surface area is 93.9 Å². The number of aryl methyl sites for hydroxylation is 1. The van der Waals surface area contributed by atoms with Gasteiger partial charge >= 0.3 is 0 Å². The second kappa shape index (κ2) is 5.38. The number of ketones is 1. The molecule has 0 aromatic heterocycles. The molecule has 0 fully saturated rings. The molecule has 3 heteroatoms. The molecular weight excluding hydrogens is 202 g/mol. The Balaban J connectivity index is 3.05. The van der Waals surface area contributed by atoms with Gasteiger partial charge in [-0.2, -0.15) is 0 Å². The molecule has 3 nitrogen and oxygen atoms in total. The molecule has 0 radical (unpaired) electrons. The lowest BCUT2D eigenvalue weighted by Gasteiger charge is -1.95. The summed E-state index contributed by atoms with van der Waals surface area (Å²) in [6.07, 6.45) is 2.94. The third kappa shape index (κ3) is 3.01. The maximum Gasteiger partial charge on any atom is 0.242 e. The summed E-state index contributed by atoms with van der Waals surface area (Å²) in [6.45, 7) is 8.80. The van der Waals surface area contributed by atoms with Crippen LogP contribution in [0.5, 0.6) is 0 Å². The second-order valence-electron chi connectivity index (χ2n) is 3.12. The van der Waals surface area contributed by atoms with Crippen molar-refractivity contribution < 1.29 is 9.90 Å². The highest BCUT2D eigenvalue weighted by molar-refractivity contribution is 6.12. The summed E-state index contributed by atoms with van der Waals surface area (Å²) in [5, 5.41) is 8.27. The zero-order valence-electron chi connectivity index (χ0n) is 8.69. The predicted octanol–water partition coefficient (Wildman–Crippen LogP) is 2.16. The third-order valence-electron chi connectivity index (χ3n) is 1.90. The summed E-state index contributed by atoms with van der Waals surface area (Å²) in [7, 11) is 0. The number of Topliss-reactive ketones (excluding diaryl/α,β-unsaturated/α-hetero) is 1. The standard InChI is InChI=1S/C13H9NO2/c1-10-3-5-11(6-4-10)9-12(14-2)13(16)7-8-15/h3-6,9,15H,1H3. The van der Waals surface area contributed by atoms with Crippen LogP contribution in [0.4, 0.5) is 0 Å². The topological polar surface area (TPSA) is 41.7 Å². The van der Waals surface area contributed by atoms with E-state index >= 15 is 0 Å². The molecule has 0 aliphatic heterocycles. The molecule has 78 valence electrons. The van der Waals surface area contributed by atoms with Gasteiger partial charge < -0.3 is 5.11 Å². The Morgan fingerprint density at radius 1 is 1.44 bits per heavy atom. The van der Waals surface area contributed by atoms with Crippen LogP contribution in [0.25, 0.3) is 10.9 Å².